The Morgan fingerprint density at radius 3 is 2.79 bits per heavy atom. The second-order valence-electron chi connectivity index (χ2n) is 6.41. The van der Waals surface area contributed by atoms with E-state index < -0.39 is 0 Å². The van der Waals surface area contributed by atoms with Crippen molar-refractivity contribution in [3.8, 4) is 22.7 Å². The minimum Gasteiger partial charge on any atom is -0.442 e. The number of aromatic nitrogens is 5. The molecule has 0 aliphatic carbocycles. The van der Waals surface area contributed by atoms with Gasteiger partial charge in [0.05, 0.1) is 46.3 Å². The summed E-state index contributed by atoms with van der Waals surface area (Å²) in [6.07, 6.45) is 8.44. The van der Waals surface area contributed by atoms with Crippen LogP contribution in [0.1, 0.15) is 0 Å². The second-order valence-corrected chi connectivity index (χ2v) is 6.82. The summed E-state index contributed by atoms with van der Waals surface area (Å²) in [6.45, 7) is 0. The SMILES string of the molecule is Cn1cncc1-c1ccc(Nc2cc3[nH]c(-c4cnco4)cc3cn2)c(Cl)c1. The third kappa shape index (κ3) is 2.91. The first kappa shape index (κ1) is 16.6. The van der Waals surface area contributed by atoms with Crippen LogP contribution in [0.5, 0.6) is 0 Å². The van der Waals surface area contributed by atoms with Crippen molar-refractivity contribution in [2.45, 2.75) is 0 Å². The molecule has 2 N–H and O–H groups in total. The fourth-order valence-electron chi connectivity index (χ4n) is 3.12. The maximum absolute atomic E-state index is 6.49. The lowest BCUT2D eigenvalue weighted by Crippen LogP contribution is -1.95. The van der Waals surface area contributed by atoms with E-state index in [2.05, 4.69) is 25.3 Å². The molecule has 0 unspecified atom stereocenters. The minimum atomic E-state index is 0.606. The number of nitrogens with zero attached hydrogens (tertiary/aromatic N) is 4. The lowest BCUT2D eigenvalue weighted by atomic mass is 10.1. The summed E-state index contributed by atoms with van der Waals surface area (Å²) in [5.74, 6) is 1.37. The topological polar surface area (TPSA) is 84.6 Å². The van der Waals surface area contributed by atoms with Crippen molar-refractivity contribution in [1.29, 1.82) is 0 Å². The molecule has 0 amide bonds. The monoisotopic (exact) mass is 390 g/mol. The largest absolute Gasteiger partial charge is 0.442 e. The van der Waals surface area contributed by atoms with E-state index in [0.717, 1.165) is 33.5 Å². The van der Waals surface area contributed by atoms with Crippen molar-refractivity contribution in [3.05, 3.63) is 66.7 Å². The molecular formula is C20H15ClN6O. The average molecular weight is 391 g/mol. The predicted octanol–water partition coefficient (Wildman–Crippen LogP) is 5.02. The van der Waals surface area contributed by atoms with Gasteiger partial charge in [0.25, 0.3) is 0 Å². The van der Waals surface area contributed by atoms with Crippen molar-refractivity contribution in [1.82, 2.24) is 24.5 Å². The number of aromatic amines is 1. The standard InChI is InChI=1S/C20H15ClN6O/c1-27-10-22-8-18(27)12-2-3-15(14(21)4-12)26-20-6-16-13(7-24-20)5-17(25-16)19-9-23-11-28-19/h2-11,25H,1H3,(H,24,26). The van der Waals surface area contributed by atoms with Crippen molar-refractivity contribution in [3.63, 3.8) is 0 Å². The summed E-state index contributed by atoms with van der Waals surface area (Å²) in [4.78, 5) is 15.9. The maximum Gasteiger partial charge on any atom is 0.181 e. The van der Waals surface area contributed by atoms with Gasteiger partial charge in [-0.3, -0.25) is 0 Å². The Balaban J connectivity index is 1.44. The third-order valence-corrected chi connectivity index (χ3v) is 4.86. The van der Waals surface area contributed by atoms with Crippen LogP contribution in [-0.2, 0) is 7.05 Å². The van der Waals surface area contributed by atoms with Gasteiger partial charge < -0.3 is 19.3 Å². The van der Waals surface area contributed by atoms with E-state index in [1.807, 2.05) is 48.1 Å². The van der Waals surface area contributed by atoms with Gasteiger partial charge in [-0.15, -0.1) is 0 Å². The highest BCUT2D eigenvalue weighted by atomic mass is 35.5. The van der Waals surface area contributed by atoms with Crippen LogP contribution in [-0.4, -0.2) is 24.5 Å². The van der Waals surface area contributed by atoms with E-state index in [4.69, 9.17) is 16.0 Å². The van der Waals surface area contributed by atoms with Gasteiger partial charge in [0.2, 0.25) is 0 Å². The number of benzene rings is 1. The number of oxazole rings is 1. The molecule has 28 heavy (non-hydrogen) atoms. The number of halogens is 1. The first-order valence-electron chi connectivity index (χ1n) is 8.58. The van der Waals surface area contributed by atoms with E-state index in [1.165, 1.54) is 6.39 Å². The van der Waals surface area contributed by atoms with Gasteiger partial charge in [0.15, 0.2) is 12.2 Å². The number of hydrogen-bond acceptors (Lipinski definition) is 5. The van der Waals surface area contributed by atoms with Crippen LogP contribution in [0.25, 0.3) is 33.6 Å². The highest BCUT2D eigenvalue weighted by Crippen LogP contribution is 2.31. The smallest absolute Gasteiger partial charge is 0.181 e. The summed E-state index contributed by atoms with van der Waals surface area (Å²) in [5.41, 5.74) is 4.57. The van der Waals surface area contributed by atoms with Crippen LogP contribution < -0.4 is 5.32 Å². The van der Waals surface area contributed by atoms with Crippen LogP contribution in [0.4, 0.5) is 11.5 Å². The van der Waals surface area contributed by atoms with Crippen LogP contribution in [0, 0.1) is 0 Å². The fraction of sp³-hybridized carbons (Fsp3) is 0.0500. The number of imidazole rings is 1. The molecule has 5 aromatic rings. The Hall–Kier alpha value is -3.58. The van der Waals surface area contributed by atoms with Crippen molar-refractivity contribution in [2.75, 3.05) is 5.32 Å². The van der Waals surface area contributed by atoms with Gasteiger partial charge in [-0.1, -0.05) is 17.7 Å². The molecule has 138 valence electrons. The summed E-state index contributed by atoms with van der Waals surface area (Å²) < 4.78 is 7.29. The highest BCUT2D eigenvalue weighted by molar-refractivity contribution is 6.33. The quantitative estimate of drug-likeness (QED) is 0.450. The molecule has 8 heteroatoms. The summed E-state index contributed by atoms with van der Waals surface area (Å²) in [7, 11) is 1.95. The number of H-pyrrole nitrogens is 1. The third-order valence-electron chi connectivity index (χ3n) is 4.55. The van der Waals surface area contributed by atoms with E-state index in [9.17, 15) is 0 Å². The number of pyridine rings is 1. The molecule has 0 bridgehead atoms. The first-order chi connectivity index (χ1) is 13.7. The number of hydrogen-bond donors (Lipinski definition) is 2. The normalized spacial score (nSPS) is 11.2. The van der Waals surface area contributed by atoms with E-state index in [1.54, 1.807) is 18.7 Å². The molecule has 0 aliphatic rings. The molecule has 4 aromatic heterocycles. The van der Waals surface area contributed by atoms with E-state index >= 15 is 0 Å². The lowest BCUT2D eigenvalue weighted by molar-refractivity contribution is 0.570. The number of rotatable bonds is 4. The zero-order valence-electron chi connectivity index (χ0n) is 14.8. The molecule has 0 radical (unpaired) electrons. The zero-order valence-corrected chi connectivity index (χ0v) is 15.6. The maximum atomic E-state index is 6.49. The van der Waals surface area contributed by atoms with Crippen molar-refractivity contribution < 1.29 is 4.42 Å². The fourth-order valence-corrected chi connectivity index (χ4v) is 3.35. The van der Waals surface area contributed by atoms with Crippen molar-refractivity contribution in [2.24, 2.45) is 7.05 Å². The van der Waals surface area contributed by atoms with Gasteiger partial charge in [0, 0.05) is 30.3 Å². The van der Waals surface area contributed by atoms with Gasteiger partial charge in [-0.05, 0) is 18.2 Å². The molecule has 0 saturated carbocycles. The van der Waals surface area contributed by atoms with Crippen LogP contribution in [0.2, 0.25) is 5.02 Å². The Bertz CT molecular complexity index is 1270. The Morgan fingerprint density at radius 1 is 1.11 bits per heavy atom. The molecule has 0 spiro atoms. The molecule has 0 saturated heterocycles. The van der Waals surface area contributed by atoms with Crippen molar-refractivity contribution >= 4 is 34.0 Å². The van der Waals surface area contributed by atoms with Crippen LogP contribution >= 0.6 is 11.6 Å². The molecule has 1 aromatic carbocycles. The Morgan fingerprint density at radius 2 is 2.04 bits per heavy atom. The first-order valence-corrected chi connectivity index (χ1v) is 8.96. The number of fused-ring (bicyclic) bond motifs is 1. The lowest BCUT2D eigenvalue weighted by Gasteiger charge is -2.10. The molecule has 0 atom stereocenters. The molecule has 5 rings (SSSR count). The van der Waals surface area contributed by atoms with Crippen LogP contribution in [0.15, 0.2) is 66.1 Å². The number of nitrogens with one attached hydrogen (secondary N) is 2. The second kappa shape index (κ2) is 6.54. The molecular weight excluding hydrogens is 376 g/mol. The van der Waals surface area contributed by atoms with Gasteiger partial charge in [0.1, 0.15) is 5.82 Å². The Kier molecular flexibility index (Phi) is 3.87. The average Bonchev–Trinajstić information content (AvgIpc) is 3.42. The van der Waals surface area contributed by atoms with E-state index in [-0.39, 0.29) is 0 Å². The van der Waals surface area contributed by atoms with Gasteiger partial charge in [-0.2, -0.15) is 0 Å². The summed E-state index contributed by atoms with van der Waals surface area (Å²) >= 11 is 6.49. The van der Waals surface area contributed by atoms with Gasteiger partial charge in [-0.25, -0.2) is 15.0 Å². The number of anilines is 2. The summed E-state index contributed by atoms with van der Waals surface area (Å²) in [5, 5.41) is 4.86. The minimum absolute atomic E-state index is 0.606. The van der Waals surface area contributed by atoms with Gasteiger partial charge >= 0.3 is 0 Å². The number of aryl methyl sites for hydroxylation is 1. The molecule has 7 nitrogen and oxygen atoms in total. The molecule has 4 heterocycles. The summed E-state index contributed by atoms with van der Waals surface area (Å²) in [6, 6.07) is 9.75. The van der Waals surface area contributed by atoms with E-state index in [0.29, 0.717) is 16.6 Å². The Labute approximate surface area is 165 Å². The predicted molar refractivity (Wildman–Crippen MR) is 109 cm³/mol. The highest BCUT2D eigenvalue weighted by Gasteiger charge is 2.10. The molecule has 0 fully saturated rings. The van der Waals surface area contributed by atoms with Crippen LogP contribution in [0.3, 0.4) is 0 Å². The zero-order chi connectivity index (χ0) is 19.1. The molecule has 0 aliphatic heterocycles.